The maximum absolute atomic E-state index is 13.4. The van der Waals surface area contributed by atoms with Crippen LogP contribution in [0, 0.1) is 5.82 Å². The Labute approximate surface area is 126 Å². The lowest BCUT2D eigenvalue weighted by Gasteiger charge is -2.07. The Kier molecular flexibility index (Phi) is 4.29. The Bertz CT molecular complexity index is 802. The number of rotatable bonds is 3. The SMILES string of the molecule is CS(=O)(=O)c1cc(C(=O)Oc2ccccc2F)ccc1Cl. The highest BCUT2D eigenvalue weighted by atomic mass is 35.5. The molecule has 0 aliphatic heterocycles. The average molecular weight is 329 g/mol. The van der Waals surface area contributed by atoms with E-state index in [1.807, 2.05) is 0 Å². The third-order valence-electron chi connectivity index (χ3n) is 2.61. The third kappa shape index (κ3) is 3.59. The number of sulfone groups is 1. The van der Waals surface area contributed by atoms with Crippen molar-refractivity contribution in [1.29, 1.82) is 0 Å². The van der Waals surface area contributed by atoms with Crippen molar-refractivity contribution >= 4 is 27.4 Å². The predicted molar refractivity (Wildman–Crippen MR) is 75.9 cm³/mol. The molecule has 0 spiro atoms. The molecule has 0 radical (unpaired) electrons. The molecule has 0 amide bonds. The summed E-state index contributed by atoms with van der Waals surface area (Å²) in [6.45, 7) is 0. The average Bonchev–Trinajstić information content (AvgIpc) is 2.40. The van der Waals surface area contributed by atoms with E-state index in [0.717, 1.165) is 18.4 Å². The zero-order valence-corrected chi connectivity index (χ0v) is 12.4. The molecule has 4 nitrogen and oxygen atoms in total. The summed E-state index contributed by atoms with van der Waals surface area (Å²) in [5.41, 5.74) is -0.0388. The highest BCUT2D eigenvalue weighted by Gasteiger charge is 2.17. The van der Waals surface area contributed by atoms with Gasteiger partial charge in [-0.2, -0.15) is 0 Å². The number of hydrogen-bond acceptors (Lipinski definition) is 4. The van der Waals surface area contributed by atoms with Gasteiger partial charge in [-0.1, -0.05) is 23.7 Å². The number of carbonyl (C=O) groups excluding carboxylic acids is 1. The van der Waals surface area contributed by atoms with Crippen LogP contribution in [-0.4, -0.2) is 20.6 Å². The Morgan fingerprint density at radius 3 is 2.48 bits per heavy atom. The van der Waals surface area contributed by atoms with Crippen LogP contribution < -0.4 is 4.74 Å². The van der Waals surface area contributed by atoms with E-state index < -0.39 is 21.6 Å². The van der Waals surface area contributed by atoms with Gasteiger partial charge in [0, 0.05) is 6.26 Å². The second-order valence-corrected chi connectivity index (χ2v) is 6.63. The summed E-state index contributed by atoms with van der Waals surface area (Å²) in [4.78, 5) is 11.7. The molecule has 0 fully saturated rings. The lowest BCUT2D eigenvalue weighted by atomic mass is 10.2. The minimum absolute atomic E-state index is 0.0000540. The number of carbonyl (C=O) groups is 1. The number of halogens is 2. The molecule has 2 aromatic carbocycles. The quantitative estimate of drug-likeness (QED) is 0.641. The zero-order chi connectivity index (χ0) is 15.6. The molecule has 21 heavy (non-hydrogen) atoms. The molecule has 0 unspecified atom stereocenters. The van der Waals surface area contributed by atoms with Crippen molar-refractivity contribution in [3.8, 4) is 5.75 Å². The summed E-state index contributed by atoms with van der Waals surface area (Å²) in [6, 6.07) is 9.08. The van der Waals surface area contributed by atoms with Gasteiger partial charge in [-0.25, -0.2) is 17.6 Å². The van der Waals surface area contributed by atoms with Crippen LogP contribution >= 0.6 is 11.6 Å². The van der Waals surface area contributed by atoms with Gasteiger partial charge in [0.1, 0.15) is 0 Å². The van der Waals surface area contributed by atoms with Crippen LogP contribution in [0.3, 0.4) is 0 Å². The van der Waals surface area contributed by atoms with E-state index >= 15 is 0 Å². The van der Waals surface area contributed by atoms with Crippen LogP contribution in [0.15, 0.2) is 47.4 Å². The lowest BCUT2D eigenvalue weighted by Crippen LogP contribution is -2.11. The number of esters is 1. The van der Waals surface area contributed by atoms with Gasteiger partial charge in [0.25, 0.3) is 0 Å². The monoisotopic (exact) mass is 328 g/mol. The molecule has 2 aromatic rings. The van der Waals surface area contributed by atoms with Gasteiger partial charge in [-0.3, -0.25) is 0 Å². The fourth-order valence-corrected chi connectivity index (χ4v) is 2.90. The van der Waals surface area contributed by atoms with Gasteiger partial charge in [0.15, 0.2) is 21.4 Å². The van der Waals surface area contributed by atoms with E-state index in [-0.39, 0.29) is 21.2 Å². The second-order valence-electron chi connectivity index (χ2n) is 4.24. The van der Waals surface area contributed by atoms with Crippen LogP contribution in [-0.2, 0) is 9.84 Å². The summed E-state index contributed by atoms with van der Waals surface area (Å²) >= 11 is 5.78. The zero-order valence-electron chi connectivity index (χ0n) is 10.8. The van der Waals surface area contributed by atoms with Gasteiger partial charge < -0.3 is 4.74 Å². The summed E-state index contributed by atoms with van der Waals surface area (Å²) in [5.74, 6) is -1.80. The molecule has 0 aliphatic carbocycles. The molecule has 7 heteroatoms. The molecule has 2 rings (SSSR count). The van der Waals surface area contributed by atoms with Crippen molar-refractivity contribution in [2.45, 2.75) is 4.90 Å². The molecular weight excluding hydrogens is 319 g/mol. The molecule has 0 N–H and O–H groups in total. The van der Waals surface area contributed by atoms with Crippen molar-refractivity contribution in [2.75, 3.05) is 6.26 Å². The van der Waals surface area contributed by atoms with E-state index in [9.17, 15) is 17.6 Å². The molecule has 0 aliphatic rings. The maximum Gasteiger partial charge on any atom is 0.343 e. The van der Waals surface area contributed by atoms with Crippen molar-refractivity contribution in [3.63, 3.8) is 0 Å². The summed E-state index contributed by atoms with van der Waals surface area (Å²) in [6.07, 6.45) is 0.972. The molecule has 0 saturated carbocycles. The molecule has 0 bridgehead atoms. The van der Waals surface area contributed by atoms with Crippen LogP contribution in [0.25, 0.3) is 0 Å². The van der Waals surface area contributed by atoms with E-state index in [0.29, 0.717) is 0 Å². The maximum atomic E-state index is 13.4. The van der Waals surface area contributed by atoms with Gasteiger partial charge in [-0.05, 0) is 30.3 Å². The first-order valence-corrected chi connectivity index (χ1v) is 8.02. The first-order chi connectivity index (χ1) is 9.79. The topological polar surface area (TPSA) is 60.4 Å². The smallest absolute Gasteiger partial charge is 0.343 e. The number of para-hydroxylation sites is 1. The Hall–Kier alpha value is -1.92. The number of hydrogen-bond donors (Lipinski definition) is 0. The summed E-state index contributed by atoms with van der Waals surface area (Å²) < 4.78 is 41.4. The van der Waals surface area contributed by atoms with Gasteiger partial charge in [-0.15, -0.1) is 0 Å². The number of ether oxygens (including phenoxy) is 1. The standard InChI is InChI=1S/C14H10ClFO4S/c1-21(18,19)13-8-9(6-7-10(13)15)14(17)20-12-5-3-2-4-11(12)16/h2-8H,1H3. The fraction of sp³-hybridized carbons (Fsp3) is 0.0714. The van der Waals surface area contributed by atoms with E-state index in [1.54, 1.807) is 0 Å². The largest absolute Gasteiger partial charge is 0.420 e. The van der Waals surface area contributed by atoms with Crippen molar-refractivity contribution in [1.82, 2.24) is 0 Å². The summed E-state index contributed by atoms with van der Waals surface area (Å²) in [7, 11) is -3.58. The minimum atomic E-state index is -3.58. The first kappa shape index (κ1) is 15.5. The lowest BCUT2D eigenvalue weighted by molar-refractivity contribution is 0.0727. The third-order valence-corrected chi connectivity index (χ3v) is 4.18. The van der Waals surface area contributed by atoms with Crippen LogP contribution in [0.4, 0.5) is 4.39 Å². The molecular formula is C14H10ClFO4S. The van der Waals surface area contributed by atoms with Gasteiger partial charge in [0.05, 0.1) is 15.5 Å². The Morgan fingerprint density at radius 2 is 1.86 bits per heavy atom. The number of benzene rings is 2. The fourth-order valence-electron chi connectivity index (χ4n) is 1.60. The highest BCUT2D eigenvalue weighted by Crippen LogP contribution is 2.24. The van der Waals surface area contributed by atoms with E-state index in [1.165, 1.54) is 30.3 Å². The summed E-state index contributed by atoms with van der Waals surface area (Å²) in [5, 5.41) is -0.0000540. The molecule has 0 saturated heterocycles. The van der Waals surface area contributed by atoms with Crippen molar-refractivity contribution in [2.24, 2.45) is 0 Å². The van der Waals surface area contributed by atoms with Crippen LogP contribution in [0.2, 0.25) is 5.02 Å². The second kappa shape index (κ2) is 5.83. The highest BCUT2D eigenvalue weighted by molar-refractivity contribution is 7.90. The van der Waals surface area contributed by atoms with E-state index in [2.05, 4.69) is 0 Å². The minimum Gasteiger partial charge on any atom is -0.420 e. The first-order valence-electron chi connectivity index (χ1n) is 5.75. The molecule has 0 atom stereocenters. The van der Waals surface area contributed by atoms with E-state index in [4.69, 9.17) is 16.3 Å². The molecule has 0 aromatic heterocycles. The van der Waals surface area contributed by atoms with Crippen molar-refractivity contribution < 1.29 is 22.3 Å². The normalized spacial score (nSPS) is 11.2. The Balaban J connectivity index is 2.35. The van der Waals surface area contributed by atoms with Gasteiger partial charge in [0.2, 0.25) is 0 Å². The van der Waals surface area contributed by atoms with Crippen molar-refractivity contribution in [3.05, 3.63) is 58.9 Å². The molecule has 0 heterocycles. The van der Waals surface area contributed by atoms with Gasteiger partial charge >= 0.3 is 5.97 Å². The molecule has 110 valence electrons. The van der Waals surface area contributed by atoms with Crippen LogP contribution in [0.1, 0.15) is 10.4 Å². The Morgan fingerprint density at radius 1 is 1.19 bits per heavy atom. The predicted octanol–water partition coefficient (Wildman–Crippen LogP) is 3.10. The van der Waals surface area contributed by atoms with Crippen LogP contribution in [0.5, 0.6) is 5.75 Å².